The Balaban J connectivity index is 1.54. The minimum atomic E-state index is -0.193. The topological polar surface area (TPSA) is 56.8 Å². The van der Waals surface area contributed by atoms with E-state index in [2.05, 4.69) is 5.32 Å². The molecule has 1 amide bonds. The molecule has 6 heteroatoms. The molecule has 1 N–H and O–H groups in total. The van der Waals surface area contributed by atoms with Crippen LogP contribution in [-0.2, 0) is 11.3 Å². The van der Waals surface area contributed by atoms with Crippen LogP contribution in [0.15, 0.2) is 42.5 Å². The molecule has 0 spiro atoms. The zero-order valence-corrected chi connectivity index (χ0v) is 15.4. The summed E-state index contributed by atoms with van der Waals surface area (Å²) in [6.07, 6.45) is 3.28. The zero-order valence-electron chi connectivity index (χ0n) is 14.6. The SMILES string of the molecule is CC(C)Oc1ccc(CNC(=O)/C=C/c2cc(Cl)c3c(c2)OCO3)cc1. The summed E-state index contributed by atoms with van der Waals surface area (Å²) in [5.74, 6) is 1.75. The Hall–Kier alpha value is -2.66. The van der Waals surface area contributed by atoms with Gasteiger partial charge in [0.1, 0.15) is 5.75 Å². The Morgan fingerprint density at radius 2 is 2.04 bits per heavy atom. The first-order valence-electron chi connectivity index (χ1n) is 8.32. The largest absolute Gasteiger partial charge is 0.491 e. The molecule has 1 heterocycles. The fourth-order valence-corrected chi connectivity index (χ4v) is 2.74. The highest BCUT2D eigenvalue weighted by atomic mass is 35.5. The van der Waals surface area contributed by atoms with Crippen molar-refractivity contribution in [3.05, 3.63) is 58.6 Å². The predicted molar refractivity (Wildman–Crippen MR) is 101 cm³/mol. The van der Waals surface area contributed by atoms with E-state index in [0.717, 1.165) is 16.9 Å². The van der Waals surface area contributed by atoms with Gasteiger partial charge in [0.2, 0.25) is 12.7 Å². The summed E-state index contributed by atoms with van der Waals surface area (Å²) >= 11 is 6.13. The molecule has 1 aliphatic rings. The summed E-state index contributed by atoms with van der Waals surface area (Å²) in [5.41, 5.74) is 1.76. The van der Waals surface area contributed by atoms with E-state index >= 15 is 0 Å². The lowest BCUT2D eigenvalue weighted by atomic mass is 10.2. The van der Waals surface area contributed by atoms with Gasteiger partial charge in [-0.25, -0.2) is 0 Å². The van der Waals surface area contributed by atoms with Crippen LogP contribution in [0.4, 0.5) is 0 Å². The number of ether oxygens (including phenoxy) is 3. The number of fused-ring (bicyclic) bond motifs is 1. The van der Waals surface area contributed by atoms with Crippen LogP contribution in [0, 0.1) is 0 Å². The number of carbonyl (C=O) groups excluding carboxylic acids is 1. The van der Waals surface area contributed by atoms with Crippen molar-refractivity contribution in [3.8, 4) is 17.2 Å². The number of rotatable bonds is 6. The summed E-state index contributed by atoms with van der Waals surface area (Å²) < 4.78 is 16.2. The van der Waals surface area contributed by atoms with Crippen LogP contribution in [0.2, 0.25) is 5.02 Å². The maximum absolute atomic E-state index is 12.0. The Morgan fingerprint density at radius 3 is 2.77 bits per heavy atom. The number of hydrogen-bond acceptors (Lipinski definition) is 4. The van der Waals surface area contributed by atoms with Crippen molar-refractivity contribution >= 4 is 23.6 Å². The summed E-state index contributed by atoms with van der Waals surface area (Å²) in [4.78, 5) is 12.0. The zero-order chi connectivity index (χ0) is 18.5. The number of amides is 1. The van der Waals surface area contributed by atoms with Gasteiger partial charge < -0.3 is 19.5 Å². The molecule has 1 aliphatic heterocycles. The van der Waals surface area contributed by atoms with Gasteiger partial charge in [-0.15, -0.1) is 0 Å². The molecule has 3 rings (SSSR count). The van der Waals surface area contributed by atoms with Crippen LogP contribution in [0.5, 0.6) is 17.2 Å². The fraction of sp³-hybridized carbons (Fsp3) is 0.250. The maximum atomic E-state index is 12.0. The van der Waals surface area contributed by atoms with Gasteiger partial charge in [0, 0.05) is 12.6 Å². The van der Waals surface area contributed by atoms with Crippen LogP contribution in [0.1, 0.15) is 25.0 Å². The van der Waals surface area contributed by atoms with Gasteiger partial charge >= 0.3 is 0 Å². The molecule has 0 aromatic heterocycles. The molecule has 0 radical (unpaired) electrons. The molecular weight excluding hydrogens is 354 g/mol. The fourth-order valence-electron chi connectivity index (χ4n) is 2.46. The first kappa shape index (κ1) is 18.1. The van der Waals surface area contributed by atoms with Gasteiger partial charge in [-0.1, -0.05) is 23.7 Å². The highest BCUT2D eigenvalue weighted by Crippen LogP contribution is 2.40. The van der Waals surface area contributed by atoms with E-state index in [1.54, 1.807) is 18.2 Å². The van der Waals surface area contributed by atoms with E-state index in [1.807, 2.05) is 38.1 Å². The molecule has 0 unspecified atom stereocenters. The van der Waals surface area contributed by atoms with Crippen LogP contribution in [0.25, 0.3) is 6.08 Å². The highest BCUT2D eigenvalue weighted by Gasteiger charge is 2.17. The van der Waals surface area contributed by atoms with E-state index in [-0.39, 0.29) is 18.8 Å². The highest BCUT2D eigenvalue weighted by molar-refractivity contribution is 6.32. The first-order chi connectivity index (χ1) is 12.5. The monoisotopic (exact) mass is 373 g/mol. The molecule has 0 aliphatic carbocycles. The third-order valence-electron chi connectivity index (χ3n) is 3.64. The van der Waals surface area contributed by atoms with E-state index in [4.69, 9.17) is 25.8 Å². The Morgan fingerprint density at radius 1 is 1.27 bits per heavy atom. The Kier molecular flexibility index (Phi) is 5.68. The number of carbonyl (C=O) groups is 1. The lowest BCUT2D eigenvalue weighted by molar-refractivity contribution is -0.116. The smallest absolute Gasteiger partial charge is 0.244 e. The van der Waals surface area contributed by atoms with Crippen LogP contribution in [-0.4, -0.2) is 18.8 Å². The molecule has 2 aromatic carbocycles. The quantitative estimate of drug-likeness (QED) is 0.771. The van der Waals surface area contributed by atoms with Crippen molar-refractivity contribution in [2.24, 2.45) is 0 Å². The summed E-state index contributed by atoms with van der Waals surface area (Å²) in [6, 6.07) is 11.2. The number of benzene rings is 2. The Labute approximate surface area is 157 Å². The third kappa shape index (κ3) is 4.70. The molecule has 0 atom stereocenters. The molecule has 136 valence electrons. The van der Waals surface area contributed by atoms with Gasteiger partial charge in [0.15, 0.2) is 11.5 Å². The minimum absolute atomic E-state index is 0.135. The number of hydrogen-bond donors (Lipinski definition) is 1. The average molecular weight is 374 g/mol. The van der Waals surface area contributed by atoms with Gasteiger partial charge in [0.25, 0.3) is 0 Å². The number of nitrogens with one attached hydrogen (secondary N) is 1. The second kappa shape index (κ2) is 8.15. The van der Waals surface area contributed by atoms with Crippen molar-refractivity contribution in [3.63, 3.8) is 0 Å². The predicted octanol–water partition coefficient (Wildman–Crippen LogP) is 4.19. The van der Waals surface area contributed by atoms with Crippen molar-refractivity contribution in [1.29, 1.82) is 0 Å². The van der Waals surface area contributed by atoms with Crippen molar-refractivity contribution in [1.82, 2.24) is 5.32 Å². The van der Waals surface area contributed by atoms with Gasteiger partial charge in [0.05, 0.1) is 11.1 Å². The van der Waals surface area contributed by atoms with Crippen LogP contribution in [0.3, 0.4) is 0 Å². The van der Waals surface area contributed by atoms with E-state index in [1.165, 1.54) is 6.08 Å². The first-order valence-corrected chi connectivity index (χ1v) is 8.70. The van der Waals surface area contributed by atoms with E-state index in [9.17, 15) is 4.79 Å². The van der Waals surface area contributed by atoms with Gasteiger partial charge in [-0.3, -0.25) is 4.79 Å². The number of halogens is 1. The maximum Gasteiger partial charge on any atom is 0.244 e. The normalized spacial score (nSPS) is 12.6. The van der Waals surface area contributed by atoms with Crippen molar-refractivity contribution in [2.45, 2.75) is 26.5 Å². The molecule has 0 saturated carbocycles. The van der Waals surface area contributed by atoms with Crippen LogP contribution >= 0.6 is 11.6 Å². The summed E-state index contributed by atoms with van der Waals surface area (Å²) in [6.45, 7) is 4.55. The van der Waals surface area contributed by atoms with E-state index in [0.29, 0.717) is 23.1 Å². The second-order valence-electron chi connectivity index (χ2n) is 6.10. The summed E-state index contributed by atoms with van der Waals surface area (Å²) in [7, 11) is 0. The third-order valence-corrected chi connectivity index (χ3v) is 3.92. The lowest BCUT2D eigenvalue weighted by Crippen LogP contribution is -2.20. The summed E-state index contributed by atoms with van der Waals surface area (Å²) in [5, 5.41) is 3.30. The minimum Gasteiger partial charge on any atom is -0.491 e. The Bertz CT molecular complexity index is 815. The van der Waals surface area contributed by atoms with Gasteiger partial charge in [-0.2, -0.15) is 0 Å². The average Bonchev–Trinajstić information content (AvgIpc) is 3.08. The van der Waals surface area contributed by atoms with Gasteiger partial charge in [-0.05, 0) is 55.3 Å². The van der Waals surface area contributed by atoms with Crippen molar-refractivity contribution in [2.75, 3.05) is 6.79 Å². The second-order valence-corrected chi connectivity index (χ2v) is 6.51. The molecular formula is C20H20ClNO4. The molecule has 0 fully saturated rings. The van der Waals surface area contributed by atoms with E-state index < -0.39 is 0 Å². The molecule has 2 aromatic rings. The molecule has 0 bridgehead atoms. The molecule has 5 nitrogen and oxygen atoms in total. The van der Waals surface area contributed by atoms with Crippen LogP contribution < -0.4 is 19.5 Å². The standard InChI is InChI=1S/C20H20ClNO4/c1-13(2)26-16-6-3-14(4-7-16)11-22-19(23)8-5-15-9-17(21)20-18(10-15)24-12-25-20/h3-10,13H,11-12H2,1-2H3,(H,22,23)/b8-5+. The lowest BCUT2D eigenvalue weighted by Gasteiger charge is -2.10. The molecule has 26 heavy (non-hydrogen) atoms. The molecule has 0 saturated heterocycles. The van der Waals surface area contributed by atoms with Crippen molar-refractivity contribution < 1.29 is 19.0 Å².